The van der Waals surface area contributed by atoms with Gasteiger partial charge in [0.15, 0.2) is 0 Å². The van der Waals surface area contributed by atoms with Crippen molar-refractivity contribution in [2.24, 2.45) is 0 Å². The SMILES string of the molecule is O=C(NC1CCCCC1)c1ccc(N2CCNCC2)nc1. The van der Waals surface area contributed by atoms with Gasteiger partial charge >= 0.3 is 0 Å². The molecule has 5 heteroatoms. The van der Waals surface area contributed by atoms with Crippen LogP contribution in [0, 0.1) is 0 Å². The molecule has 2 heterocycles. The second-order valence-electron chi connectivity index (χ2n) is 5.95. The van der Waals surface area contributed by atoms with Gasteiger partial charge in [-0.2, -0.15) is 0 Å². The number of piperazine rings is 1. The number of amides is 1. The average Bonchev–Trinajstić information content (AvgIpc) is 2.57. The molecule has 1 saturated carbocycles. The monoisotopic (exact) mass is 288 g/mol. The van der Waals surface area contributed by atoms with Crippen LogP contribution in [0.4, 0.5) is 5.82 Å². The quantitative estimate of drug-likeness (QED) is 0.886. The van der Waals surface area contributed by atoms with Crippen molar-refractivity contribution in [2.45, 2.75) is 38.1 Å². The van der Waals surface area contributed by atoms with Crippen LogP contribution >= 0.6 is 0 Å². The number of carbonyl (C=O) groups is 1. The summed E-state index contributed by atoms with van der Waals surface area (Å²) in [6, 6.07) is 4.20. The fraction of sp³-hybridized carbons (Fsp3) is 0.625. The fourth-order valence-corrected chi connectivity index (χ4v) is 3.12. The van der Waals surface area contributed by atoms with Crippen LogP contribution in [-0.2, 0) is 0 Å². The molecule has 1 saturated heterocycles. The molecule has 2 aliphatic rings. The summed E-state index contributed by atoms with van der Waals surface area (Å²) in [5.74, 6) is 0.979. The van der Waals surface area contributed by atoms with Gasteiger partial charge in [-0.25, -0.2) is 4.98 Å². The van der Waals surface area contributed by atoms with E-state index in [0.29, 0.717) is 11.6 Å². The topological polar surface area (TPSA) is 57.3 Å². The van der Waals surface area contributed by atoms with Crippen LogP contribution in [0.5, 0.6) is 0 Å². The Kier molecular flexibility index (Phi) is 4.70. The summed E-state index contributed by atoms with van der Waals surface area (Å²) in [5, 5.41) is 6.46. The molecule has 114 valence electrons. The van der Waals surface area contributed by atoms with Crippen LogP contribution in [0.1, 0.15) is 42.5 Å². The summed E-state index contributed by atoms with van der Waals surface area (Å²) in [6.45, 7) is 3.93. The molecule has 0 aromatic carbocycles. The lowest BCUT2D eigenvalue weighted by molar-refractivity contribution is 0.0927. The first kappa shape index (κ1) is 14.3. The number of carbonyl (C=O) groups excluding carboxylic acids is 1. The molecule has 0 bridgehead atoms. The molecule has 5 nitrogen and oxygen atoms in total. The molecular weight excluding hydrogens is 264 g/mol. The Morgan fingerprint density at radius 3 is 2.62 bits per heavy atom. The maximum absolute atomic E-state index is 12.2. The molecule has 0 radical (unpaired) electrons. The molecule has 1 amide bonds. The number of anilines is 1. The minimum atomic E-state index is 0.0151. The van der Waals surface area contributed by atoms with Crippen molar-refractivity contribution in [1.82, 2.24) is 15.6 Å². The second kappa shape index (κ2) is 6.89. The molecule has 21 heavy (non-hydrogen) atoms. The summed E-state index contributed by atoms with van der Waals surface area (Å²) in [4.78, 5) is 18.9. The largest absolute Gasteiger partial charge is 0.354 e. The van der Waals surface area contributed by atoms with Crippen LogP contribution in [0.15, 0.2) is 18.3 Å². The summed E-state index contributed by atoms with van der Waals surface area (Å²) in [7, 11) is 0. The predicted molar refractivity (Wildman–Crippen MR) is 83.7 cm³/mol. The van der Waals surface area contributed by atoms with Gasteiger partial charge in [0.1, 0.15) is 5.82 Å². The first-order chi connectivity index (χ1) is 10.3. The van der Waals surface area contributed by atoms with Crippen LogP contribution in [0.25, 0.3) is 0 Å². The summed E-state index contributed by atoms with van der Waals surface area (Å²) < 4.78 is 0. The van der Waals surface area contributed by atoms with E-state index >= 15 is 0 Å². The highest BCUT2D eigenvalue weighted by atomic mass is 16.1. The van der Waals surface area contributed by atoms with Crippen molar-refractivity contribution in [3.8, 4) is 0 Å². The highest BCUT2D eigenvalue weighted by Gasteiger charge is 2.17. The number of pyridine rings is 1. The van der Waals surface area contributed by atoms with Crippen LogP contribution < -0.4 is 15.5 Å². The minimum Gasteiger partial charge on any atom is -0.354 e. The van der Waals surface area contributed by atoms with Crippen LogP contribution in [0.2, 0.25) is 0 Å². The fourth-order valence-electron chi connectivity index (χ4n) is 3.12. The Hall–Kier alpha value is -1.62. The molecule has 1 aliphatic carbocycles. The molecule has 3 rings (SSSR count). The molecule has 1 aromatic rings. The van der Waals surface area contributed by atoms with E-state index in [1.165, 1.54) is 19.3 Å². The maximum atomic E-state index is 12.2. The summed E-state index contributed by atoms with van der Waals surface area (Å²) >= 11 is 0. The highest BCUT2D eigenvalue weighted by Crippen LogP contribution is 2.18. The van der Waals surface area contributed by atoms with E-state index in [2.05, 4.69) is 20.5 Å². The first-order valence-corrected chi connectivity index (χ1v) is 8.05. The second-order valence-corrected chi connectivity index (χ2v) is 5.95. The van der Waals surface area contributed by atoms with Gasteiger partial charge < -0.3 is 15.5 Å². The van der Waals surface area contributed by atoms with E-state index in [4.69, 9.17) is 0 Å². The van der Waals surface area contributed by atoms with E-state index in [0.717, 1.165) is 44.8 Å². The molecule has 0 unspecified atom stereocenters. The zero-order valence-corrected chi connectivity index (χ0v) is 12.5. The predicted octanol–water partition coefficient (Wildman–Crippen LogP) is 1.55. The molecule has 2 N–H and O–H groups in total. The van der Waals surface area contributed by atoms with Crippen molar-refractivity contribution in [1.29, 1.82) is 0 Å². The normalized spacial score (nSPS) is 20.3. The Morgan fingerprint density at radius 2 is 1.95 bits per heavy atom. The van der Waals surface area contributed by atoms with Gasteiger partial charge in [-0.1, -0.05) is 19.3 Å². The van der Waals surface area contributed by atoms with Gasteiger partial charge in [-0.05, 0) is 25.0 Å². The Bertz CT molecular complexity index is 462. The van der Waals surface area contributed by atoms with Crippen molar-refractivity contribution in [3.63, 3.8) is 0 Å². The van der Waals surface area contributed by atoms with E-state index in [1.807, 2.05) is 12.1 Å². The number of hydrogen-bond donors (Lipinski definition) is 2. The smallest absolute Gasteiger partial charge is 0.253 e. The highest BCUT2D eigenvalue weighted by molar-refractivity contribution is 5.94. The van der Waals surface area contributed by atoms with Crippen molar-refractivity contribution < 1.29 is 4.79 Å². The third kappa shape index (κ3) is 3.73. The van der Waals surface area contributed by atoms with Crippen molar-refractivity contribution in [2.75, 3.05) is 31.1 Å². The number of aromatic nitrogens is 1. The standard InChI is InChI=1S/C16H24N4O/c21-16(19-14-4-2-1-3-5-14)13-6-7-15(18-12-13)20-10-8-17-9-11-20/h6-7,12,14,17H,1-5,8-11H2,(H,19,21). The van der Waals surface area contributed by atoms with Crippen LogP contribution in [-0.4, -0.2) is 43.1 Å². The Balaban J connectivity index is 1.58. The number of rotatable bonds is 3. The zero-order valence-electron chi connectivity index (χ0n) is 12.5. The van der Waals surface area contributed by atoms with Gasteiger partial charge in [-0.15, -0.1) is 0 Å². The first-order valence-electron chi connectivity index (χ1n) is 8.05. The van der Waals surface area contributed by atoms with Crippen molar-refractivity contribution in [3.05, 3.63) is 23.9 Å². The number of hydrogen-bond acceptors (Lipinski definition) is 4. The van der Waals surface area contributed by atoms with Gasteiger partial charge in [0.25, 0.3) is 5.91 Å². The third-order valence-electron chi connectivity index (χ3n) is 4.39. The van der Waals surface area contributed by atoms with Crippen LogP contribution in [0.3, 0.4) is 0 Å². The van der Waals surface area contributed by atoms with E-state index in [1.54, 1.807) is 6.20 Å². The van der Waals surface area contributed by atoms with Gasteiger partial charge in [0.05, 0.1) is 5.56 Å². The van der Waals surface area contributed by atoms with E-state index < -0.39 is 0 Å². The van der Waals surface area contributed by atoms with E-state index in [9.17, 15) is 4.79 Å². The molecular formula is C16H24N4O. The molecule has 1 aromatic heterocycles. The molecule has 1 aliphatic heterocycles. The summed E-state index contributed by atoms with van der Waals surface area (Å²) in [5.41, 5.74) is 0.666. The summed E-state index contributed by atoms with van der Waals surface area (Å²) in [6.07, 6.45) is 7.68. The Morgan fingerprint density at radius 1 is 1.19 bits per heavy atom. The minimum absolute atomic E-state index is 0.0151. The number of nitrogens with one attached hydrogen (secondary N) is 2. The lowest BCUT2D eigenvalue weighted by Gasteiger charge is -2.28. The number of nitrogens with zero attached hydrogens (tertiary/aromatic N) is 2. The van der Waals surface area contributed by atoms with Gasteiger partial charge in [0, 0.05) is 38.4 Å². The van der Waals surface area contributed by atoms with Gasteiger partial charge in [0.2, 0.25) is 0 Å². The Labute approximate surface area is 126 Å². The molecule has 2 fully saturated rings. The maximum Gasteiger partial charge on any atom is 0.253 e. The zero-order chi connectivity index (χ0) is 14.5. The average molecular weight is 288 g/mol. The lowest BCUT2D eigenvalue weighted by atomic mass is 9.95. The lowest BCUT2D eigenvalue weighted by Crippen LogP contribution is -2.43. The molecule has 0 atom stereocenters. The molecule has 0 spiro atoms. The van der Waals surface area contributed by atoms with Crippen molar-refractivity contribution >= 4 is 11.7 Å². The third-order valence-corrected chi connectivity index (χ3v) is 4.39. The van der Waals surface area contributed by atoms with Gasteiger partial charge in [-0.3, -0.25) is 4.79 Å². The van der Waals surface area contributed by atoms with E-state index in [-0.39, 0.29) is 5.91 Å².